The molecule has 0 aliphatic carbocycles. The number of rotatable bonds is 5. The first-order valence-electron chi connectivity index (χ1n) is 5.15. The minimum absolute atomic E-state index is 0.663. The molecule has 0 spiro atoms. The lowest BCUT2D eigenvalue weighted by molar-refractivity contribution is 0.666. The van der Waals surface area contributed by atoms with E-state index in [1.807, 2.05) is 6.07 Å². The fraction of sp³-hybridized carbons (Fsp3) is 0.545. The smallest absolute Gasteiger partial charge is 0.127 e. The van der Waals surface area contributed by atoms with Gasteiger partial charge < -0.3 is 5.73 Å². The molecular weight excluding hydrogens is 240 g/mol. The summed E-state index contributed by atoms with van der Waals surface area (Å²) in [5.41, 5.74) is 6.97. The van der Waals surface area contributed by atoms with Crippen molar-refractivity contribution in [3.05, 3.63) is 22.3 Å². The summed E-state index contributed by atoms with van der Waals surface area (Å²) in [6.45, 7) is 2.22. The van der Waals surface area contributed by atoms with Crippen LogP contribution >= 0.6 is 15.9 Å². The summed E-state index contributed by atoms with van der Waals surface area (Å²) in [7, 11) is 0. The van der Waals surface area contributed by atoms with Gasteiger partial charge in [-0.1, -0.05) is 32.3 Å². The summed E-state index contributed by atoms with van der Waals surface area (Å²) in [6.07, 6.45) is 6.12. The van der Waals surface area contributed by atoms with Gasteiger partial charge in [-0.05, 0) is 40.4 Å². The number of hydrogen-bond donors (Lipinski definition) is 1. The predicted molar refractivity (Wildman–Crippen MR) is 64.2 cm³/mol. The molecule has 0 amide bonds. The molecule has 0 aliphatic rings. The summed E-state index contributed by atoms with van der Waals surface area (Å²) >= 11 is 3.30. The Labute approximate surface area is 94.0 Å². The van der Waals surface area contributed by atoms with Crippen LogP contribution in [-0.4, -0.2) is 4.98 Å². The highest BCUT2D eigenvalue weighted by atomic mass is 79.9. The minimum atomic E-state index is 0.663. The Hall–Kier alpha value is -0.570. The number of aryl methyl sites for hydroxylation is 1. The number of hydrogen-bond acceptors (Lipinski definition) is 2. The Bertz CT molecular complexity index is 287. The number of nitrogens with two attached hydrogens (primary N) is 1. The number of aromatic nitrogens is 1. The molecule has 0 aromatic carbocycles. The van der Waals surface area contributed by atoms with Crippen molar-refractivity contribution in [2.45, 2.75) is 39.0 Å². The zero-order valence-electron chi connectivity index (χ0n) is 8.59. The van der Waals surface area contributed by atoms with E-state index < -0.39 is 0 Å². The highest BCUT2D eigenvalue weighted by Crippen LogP contribution is 2.16. The zero-order chi connectivity index (χ0) is 10.4. The fourth-order valence-electron chi connectivity index (χ4n) is 1.43. The summed E-state index contributed by atoms with van der Waals surface area (Å²) in [5.74, 6) is 0.663. The summed E-state index contributed by atoms with van der Waals surface area (Å²) in [5, 5.41) is 0. The molecule has 0 bridgehead atoms. The largest absolute Gasteiger partial charge is 0.383 e. The van der Waals surface area contributed by atoms with Gasteiger partial charge in [0, 0.05) is 0 Å². The minimum Gasteiger partial charge on any atom is -0.383 e. The van der Waals surface area contributed by atoms with Gasteiger partial charge in [0.25, 0.3) is 0 Å². The summed E-state index contributed by atoms with van der Waals surface area (Å²) in [4.78, 5) is 4.17. The second kappa shape index (κ2) is 6.02. The average Bonchev–Trinajstić information content (AvgIpc) is 2.15. The molecule has 0 unspecified atom stereocenters. The number of pyridine rings is 1. The van der Waals surface area contributed by atoms with Gasteiger partial charge in [0.05, 0.1) is 0 Å². The molecular formula is C11H17BrN2. The Kier molecular flexibility index (Phi) is 4.94. The summed E-state index contributed by atoms with van der Waals surface area (Å²) in [6, 6.07) is 4.00. The maximum atomic E-state index is 5.80. The first-order valence-corrected chi connectivity index (χ1v) is 5.94. The maximum Gasteiger partial charge on any atom is 0.127 e. The van der Waals surface area contributed by atoms with E-state index in [2.05, 4.69) is 33.9 Å². The molecule has 0 saturated heterocycles. The number of unbranched alkanes of at least 4 members (excludes halogenated alkanes) is 3. The van der Waals surface area contributed by atoms with Crippen LogP contribution in [0.25, 0.3) is 0 Å². The fourth-order valence-corrected chi connectivity index (χ4v) is 1.76. The van der Waals surface area contributed by atoms with Crippen LogP contribution in [-0.2, 0) is 6.42 Å². The molecule has 0 aliphatic heterocycles. The second-order valence-corrected chi connectivity index (χ2v) is 4.30. The van der Waals surface area contributed by atoms with E-state index in [0.717, 1.165) is 11.0 Å². The maximum absolute atomic E-state index is 5.80. The van der Waals surface area contributed by atoms with Gasteiger partial charge in [-0.2, -0.15) is 0 Å². The van der Waals surface area contributed by atoms with Gasteiger partial charge in [-0.25, -0.2) is 4.98 Å². The van der Waals surface area contributed by atoms with Crippen LogP contribution in [0.2, 0.25) is 0 Å². The van der Waals surface area contributed by atoms with E-state index in [0.29, 0.717) is 5.82 Å². The van der Waals surface area contributed by atoms with Crippen molar-refractivity contribution in [3.8, 4) is 0 Å². The van der Waals surface area contributed by atoms with Crippen LogP contribution in [0.1, 0.15) is 38.2 Å². The third kappa shape index (κ3) is 3.66. The highest BCUT2D eigenvalue weighted by Gasteiger charge is 2.00. The van der Waals surface area contributed by atoms with Crippen LogP contribution in [0.3, 0.4) is 0 Å². The first-order chi connectivity index (χ1) is 6.74. The van der Waals surface area contributed by atoms with Crippen molar-refractivity contribution in [1.82, 2.24) is 4.98 Å². The SMILES string of the molecule is CCCCCCc1ccc(Br)nc1N. The molecule has 2 nitrogen and oxygen atoms in total. The molecule has 14 heavy (non-hydrogen) atoms. The molecule has 0 atom stereocenters. The molecule has 2 N–H and O–H groups in total. The van der Waals surface area contributed by atoms with Gasteiger partial charge in [-0.3, -0.25) is 0 Å². The molecule has 1 rings (SSSR count). The molecule has 0 fully saturated rings. The van der Waals surface area contributed by atoms with Gasteiger partial charge in [0.1, 0.15) is 10.4 Å². The van der Waals surface area contributed by atoms with Crippen LogP contribution in [0.5, 0.6) is 0 Å². The van der Waals surface area contributed by atoms with E-state index in [1.54, 1.807) is 0 Å². The van der Waals surface area contributed by atoms with E-state index in [9.17, 15) is 0 Å². The molecule has 0 saturated carbocycles. The third-order valence-corrected chi connectivity index (χ3v) is 2.72. The lowest BCUT2D eigenvalue weighted by Gasteiger charge is -2.04. The van der Waals surface area contributed by atoms with E-state index in [4.69, 9.17) is 5.73 Å². The Morgan fingerprint density at radius 2 is 2.07 bits per heavy atom. The third-order valence-electron chi connectivity index (χ3n) is 2.28. The summed E-state index contributed by atoms with van der Waals surface area (Å²) < 4.78 is 0.812. The standard InChI is InChI=1S/C11H17BrN2/c1-2-3-4-5-6-9-7-8-10(12)14-11(9)13/h7-8H,2-6H2,1H3,(H2,13,14). The predicted octanol–water partition coefficient (Wildman–Crippen LogP) is 3.55. The van der Waals surface area contributed by atoms with Crippen molar-refractivity contribution in [3.63, 3.8) is 0 Å². The van der Waals surface area contributed by atoms with E-state index in [-0.39, 0.29) is 0 Å². The first kappa shape index (κ1) is 11.5. The van der Waals surface area contributed by atoms with Gasteiger partial charge in [0.15, 0.2) is 0 Å². The van der Waals surface area contributed by atoms with Gasteiger partial charge in [0.2, 0.25) is 0 Å². The van der Waals surface area contributed by atoms with Crippen molar-refractivity contribution in [2.24, 2.45) is 0 Å². The van der Waals surface area contributed by atoms with Crippen LogP contribution in [0, 0.1) is 0 Å². The lowest BCUT2D eigenvalue weighted by Crippen LogP contribution is -1.98. The lowest BCUT2D eigenvalue weighted by atomic mass is 10.1. The van der Waals surface area contributed by atoms with Crippen LogP contribution in [0.4, 0.5) is 5.82 Å². The number of anilines is 1. The van der Waals surface area contributed by atoms with Gasteiger partial charge >= 0.3 is 0 Å². The molecule has 1 aromatic heterocycles. The van der Waals surface area contributed by atoms with Crippen LogP contribution in [0.15, 0.2) is 16.7 Å². The van der Waals surface area contributed by atoms with Crippen molar-refractivity contribution < 1.29 is 0 Å². The average molecular weight is 257 g/mol. The zero-order valence-corrected chi connectivity index (χ0v) is 10.2. The second-order valence-electron chi connectivity index (χ2n) is 3.49. The molecule has 78 valence electrons. The van der Waals surface area contributed by atoms with Crippen molar-refractivity contribution in [1.29, 1.82) is 0 Å². The van der Waals surface area contributed by atoms with E-state index >= 15 is 0 Å². The Morgan fingerprint density at radius 1 is 1.29 bits per heavy atom. The monoisotopic (exact) mass is 256 g/mol. The number of halogens is 1. The number of nitrogens with zero attached hydrogens (tertiary/aromatic N) is 1. The Morgan fingerprint density at radius 3 is 2.71 bits per heavy atom. The topological polar surface area (TPSA) is 38.9 Å². The van der Waals surface area contributed by atoms with Gasteiger partial charge in [-0.15, -0.1) is 0 Å². The normalized spacial score (nSPS) is 10.4. The number of nitrogen functional groups attached to an aromatic ring is 1. The van der Waals surface area contributed by atoms with Crippen molar-refractivity contribution in [2.75, 3.05) is 5.73 Å². The molecule has 1 heterocycles. The highest BCUT2D eigenvalue weighted by molar-refractivity contribution is 9.10. The van der Waals surface area contributed by atoms with E-state index in [1.165, 1.54) is 31.2 Å². The van der Waals surface area contributed by atoms with Crippen LogP contribution < -0.4 is 5.73 Å². The van der Waals surface area contributed by atoms with Crippen molar-refractivity contribution >= 4 is 21.7 Å². The Balaban J connectivity index is 2.42. The molecule has 3 heteroatoms. The molecule has 0 radical (unpaired) electrons. The molecule has 1 aromatic rings. The quantitative estimate of drug-likeness (QED) is 0.647.